The van der Waals surface area contributed by atoms with Crippen molar-refractivity contribution in [2.45, 2.75) is 13.0 Å². The van der Waals surface area contributed by atoms with Crippen LogP contribution in [-0.4, -0.2) is 15.0 Å². The summed E-state index contributed by atoms with van der Waals surface area (Å²) in [7, 11) is 0. The summed E-state index contributed by atoms with van der Waals surface area (Å²) >= 11 is 0. The number of anilines is 1. The Morgan fingerprint density at radius 2 is 1.90 bits per heavy atom. The summed E-state index contributed by atoms with van der Waals surface area (Å²) < 4.78 is 0. The summed E-state index contributed by atoms with van der Waals surface area (Å²) in [6.45, 7) is 1.97. The Morgan fingerprint density at radius 3 is 2.62 bits per heavy atom. The molecule has 0 unspecified atom stereocenters. The van der Waals surface area contributed by atoms with Gasteiger partial charge in [0.1, 0.15) is 17.3 Å². The van der Waals surface area contributed by atoms with Crippen LogP contribution in [0.2, 0.25) is 0 Å². The molecule has 4 rings (SSSR count). The minimum absolute atomic E-state index is 0.0133. The van der Waals surface area contributed by atoms with Crippen molar-refractivity contribution in [3.63, 3.8) is 0 Å². The van der Waals surface area contributed by atoms with Gasteiger partial charge in [0.15, 0.2) is 0 Å². The number of aryl methyl sites for hydroxylation is 1. The second-order valence-electron chi connectivity index (χ2n) is 6.73. The number of pyridine rings is 2. The Morgan fingerprint density at radius 1 is 1.10 bits per heavy atom. The lowest BCUT2D eigenvalue weighted by Gasteiger charge is -2.18. The van der Waals surface area contributed by atoms with Crippen molar-refractivity contribution in [2.24, 2.45) is 0 Å². The van der Waals surface area contributed by atoms with Gasteiger partial charge in [0.25, 0.3) is 11.5 Å². The van der Waals surface area contributed by atoms with E-state index in [4.69, 9.17) is 0 Å². The fraction of sp³-hybridized carbons (Fsp3) is 0.0909. The molecule has 7 nitrogen and oxygen atoms in total. The van der Waals surface area contributed by atoms with Crippen molar-refractivity contribution in [1.82, 2.24) is 4.98 Å². The molecule has 7 heteroatoms. The monoisotopic (exact) mass is 387 g/mol. The highest BCUT2D eigenvalue weighted by molar-refractivity contribution is 5.86. The maximum absolute atomic E-state index is 11.0. The molecule has 0 spiro atoms. The fourth-order valence-corrected chi connectivity index (χ4v) is 3.33. The van der Waals surface area contributed by atoms with Crippen molar-refractivity contribution in [1.29, 1.82) is 0 Å². The van der Waals surface area contributed by atoms with Gasteiger partial charge >= 0.3 is 0 Å². The van der Waals surface area contributed by atoms with Crippen molar-refractivity contribution < 1.29 is 15.0 Å². The van der Waals surface area contributed by atoms with Crippen LogP contribution in [0.25, 0.3) is 10.9 Å². The van der Waals surface area contributed by atoms with Gasteiger partial charge < -0.3 is 5.11 Å². The van der Waals surface area contributed by atoms with Gasteiger partial charge in [0.05, 0.1) is 11.1 Å². The number of benzene rings is 2. The number of phenolic OH excluding ortho intramolecular Hbond substituents is 1. The number of aromatic nitrogens is 2. The van der Waals surface area contributed by atoms with E-state index in [1.165, 1.54) is 12.1 Å². The van der Waals surface area contributed by atoms with E-state index < -0.39 is 11.0 Å². The molecule has 4 aromatic rings. The Bertz CT molecular complexity index is 1190. The van der Waals surface area contributed by atoms with E-state index in [9.17, 15) is 15.2 Å². The first-order valence-electron chi connectivity index (χ1n) is 9.09. The Hall–Kier alpha value is -4.00. The number of nitrogens with zero attached hydrogens (tertiary/aromatic N) is 2. The van der Waals surface area contributed by atoms with Crippen LogP contribution in [0.1, 0.15) is 22.7 Å². The van der Waals surface area contributed by atoms with Crippen LogP contribution in [0.3, 0.4) is 0 Å². The first-order valence-corrected chi connectivity index (χ1v) is 9.09. The van der Waals surface area contributed by atoms with E-state index >= 15 is 0 Å². The summed E-state index contributed by atoms with van der Waals surface area (Å²) in [6.07, 6.45) is 3.44. The SMILES string of the molecule is Cc1ccc[nH+]c1N[C@@H](c1ccc([N+](=O)[O-])cc1)c1ccc2cccnc2c1O. The van der Waals surface area contributed by atoms with Crippen LogP contribution in [0.4, 0.5) is 11.5 Å². The quantitative estimate of drug-likeness (QED) is 0.395. The number of nitro benzene ring substituents is 1. The van der Waals surface area contributed by atoms with E-state index in [1.807, 2.05) is 49.5 Å². The molecule has 0 aliphatic heterocycles. The predicted octanol–water partition coefficient (Wildman–Crippen LogP) is 4.17. The molecule has 0 saturated carbocycles. The van der Waals surface area contributed by atoms with E-state index in [2.05, 4.69) is 15.3 Å². The zero-order chi connectivity index (χ0) is 20.4. The summed E-state index contributed by atoms with van der Waals surface area (Å²) in [5.74, 6) is 0.865. The largest absolute Gasteiger partial charge is 0.505 e. The van der Waals surface area contributed by atoms with Gasteiger partial charge in [0, 0.05) is 40.4 Å². The van der Waals surface area contributed by atoms with Crippen molar-refractivity contribution in [2.75, 3.05) is 5.32 Å². The van der Waals surface area contributed by atoms with Gasteiger partial charge in [-0.2, -0.15) is 0 Å². The number of aromatic amines is 1. The number of nitro groups is 1. The number of rotatable bonds is 5. The third-order valence-corrected chi connectivity index (χ3v) is 4.88. The first-order chi connectivity index (χ1) is 14.0. The summed E-state index contributed by atoms with van der Waals surface area (Å²) in [5, 5.41) is 26.2. The number of hydrogen-bond donors (Lipinski definition) is 2. The number of hydrogen-bond acceptors (Lipinski definition) is 5. The minimum Gasteiger partial charge on any atom is -0.505 e. The van der Waals surface area contributed by atoms with E-state index in [0.29, 0.717) is 11.1 Å². The lowest BCUT2D eigenvalue weighted by molar-refractivity contribution is -0.384. The molecular formula is C22H19N4O3+. The zero-order valence-electron chi connectivity index (χ0n) is 15.7. The molecular weight excluding hydrogens is 368 g/mol. The fourth-order valence-electron chi connectivity index (χ4n) is 3.33. The first kappa shape index (κ1) is 18.4. The van der Waals surface area contributed by atoms with Crippen molar-refractivity contribution in [3.8, 4) is 5.75 Å². The zero-order valence-corrected chi connectivity index (χ0v) is 15.7. The third-order valence-electron chi connectivity index (χ3n) is 4.88. The molecule has 0 fully saturated rings. The van der Waals surface area contributed by atoms with Gasteiger partial charge in [-0.1, -0.05) is 12.1 Å². The lowest BCUT2D eigenvalue weighted by Crippen LogP contribution is -2.20. The van der Waals surface area contributed by atoms with Gasteiger partial charge in [-0.25, -0.2) is 4.98 Å². The van der Waals surface area contributed by atoms with E-state index in [-0.39, 0.29) is 11.4 Å². The van der Waals surface area contributed by atoms with Crippen molar-refractivity contribution in [3.05, 3.63) is 99.9 Å². The second kappa shape index (κ2) is 7.55. The average Bonchev–Trinajstić information content (AvgIpc) is 2.74. The normalized spacial score (nSPS) is 11.9. The average molecular weight is 387 g/mol. The van der Waals surface area contributed by atoms with Crippen LogP contribution < -0.4 is 10.3 Å². The van der Waals surface area contributed by atoms with Gasteiger partial charge in [-0.3, -0.25) is 20.4 Å². The molecule has 2 heterocycles. The summed E-state index contributed by atoms with van der Waals surface area (Å²) in [4.78, 5) is 18.1. The lowest BCUT2D eigenvalue weighted by atomic mass is 9.96. The molecule has 3 N–H and O–H groups in total. The maximum Gasteiger partial charge on any atom is 0.275 e. The number of H-pyrrole nitrogens is 1. The second-order valence-corrected chi connectivity index (χ2v) is 6.73. The van der Waals surface area contributed by atoms with Crippen molar-refractivity contribution >= 4 is 22.4 Å². The number of phenols is 1. The highest BCUT2D eigenvalue weighted by Gasteiger charge is 2.25. The molecule has 2 aromatic carbocycles. The van der Waals surface area contributed by atoms with Crippen LogP contribution >= 0.6 is 0 Å². The summed E-state index contributed by atoms with van der Waals surface area (Å²) in [5.41, 5.74) is 2.92. The topological polar surface area (TPSA) is 102 Å². The van der Waals surface area contributed by atoms with E-state index in [0.717, 1.165) is 22.3 Å². The highest BCUT2D eigenvalue weighted by atomic mass is 16.6. The van der Waals surface area contributed by atoms with Crippen LogP contribution in [0.15, 0.2) is 73.1 Å². The van der Waals surface area contributed by atoms with E-state index in [1.54, 1.807) is 18.3 Å². The Labute approximate surface area is 166 Å². The Kier molecular flexibility index (Phi) is 4.78. The standard InChI is InChI=1S/C22H18N4O3/c1-14-4-2-13-24-22(14)25-19(16-6-9-17(10-7-16)26(28)29)18-11-8-15-5-3-12-23-20(15)21(18)27/h2-13,19,27H,1H3,(H,24,25)/p+1/t19-/m0/s1. The molecule has 0 radical (unpaired) electrons. The number of aromatic hydroxyl groups is 1. The number of fused-ring (bicyclic) bond motifs is 1. The molecule has 0 aliphatic carbocycles. The highest BCUT2D eigenvalue weighted by Crippen LogP contribution is 2.36. The Balaban J connectivity index is 1.85. The van der Waals surface area contributed by atoms with Gasteiger partial charge in [-0.15, -0.1) is 0 Å². The molecule has 29 heavy (non-hydrogen) atoms. The predicted molar refractivity (Wildman–Crippen MR) is 110 cm³/mol. The van der Waals surface area contributed by atoms with Crippen LogP contribution in [0.5, 0.6) is 5.75 Å². The molecule has 144 valence electrons. The number of non-ortho nitro benzene ring substituents is 1. The third kappa shape index (κ3) is 3.58. The maximum atomic E-state index is 11.0. The molecule has 0 aliphatic rings. The summed E-state index contributed by atoms with van der Waals surface area (Å²) in [6, 6.07) is 17.2. The number of nitrogens with one attached hydrogen (secondary N) is 2. The molecule has 0 saturated heterocycles. The molecule has 0 bridgehead atoms. The van der Waals surface area contributed by atoms with Crippen LogP contribution in [0, 0.1) is 17.0 Å². The minimum atomic E-state index is -0.445. The van der Waals surface area contributed by atoms with Crippen LogP contribution in [-0.2, 0) is 0 Å². The van der Waals surface area contributed by atoms with Gasteiger partial charge in [-0.05, 0) is 43.3 Å². The molecule has 2 aromatic heterocycles. The molecule has 1 atom stereocenters. The smallest absolute Gasteiger partial charge is 0.275 e. The van der Waals surface area contributed by atoms with Gasteiger partial charge in [0.2, 0.25) is 0 Å². The molecule has 0 amide bonds.